The molecule has 0 fully saturated rings. The van der Waals surface area contributed by atoms with E-state index >= 15 is 0 Å². The molecule has 0 aliphatic heterocycles. The first-order valence-corrected chi connectivity index (χ1v) is 15.7. The molecule has 7 nitrogen and oxygen atoms in total. The lowest BCUT2D eigenvalue weighted by molar-refractivity contribution is -0.152. The number of hydrogen-bond donors (Lipinski definition) is 0. The van der Waals surface area contributed by atoms with E-state index in [1.54, 1.807) is 30.0 Å². The molecule has 0 aliphatic carbocycles. The van der Waals surface area contributed by atoms with E-state index in [0.717, 1.165) is 33.8 Å². The first-order chi connectivity index (χ1) is 22.9. The maximum absolute atomic E-state index is 13.8. The summed E-state index contributed by atoms with van der Waals surface area (Å²) >= 11 is 0. The smallest absolute Gasteiger partial charge is 0.304 e. The molecule has 0 saturated heterocycles. The summed E-state index contributed by atoms with van der Waals surface area (Å²) in [6, 6.07) is 42.6. The number of carbonyl (C=O) groups is 2. The van der Waals surface area contributed by atoms with E-state index in [2.05, 4.69) is 0 Å². The van der Waals surface area contributed by atoms with Gasteiger partial charge in [-0.05, 0) is 78.1 Å². The van der Waals surface area contributed by atoms with Crippen molar-refractivity contribution < 1.29 is 28.5 Å². The SMILES string of the molecule is CC(=O)OC(C)N(CCc1ccc(OCc2ccccc2)cc1)C(=O)c1cccc(OCc2cccc(OCc3ccccc3)c2)c1. The lowest BCUT2D eigenvalue weighted by atomic mass is 10.1. The van der Waals surface area contributed by atoms with E-state index < -0.39 is 12.2 Å². The quantitative estimate of drug-likeness (QED) is 0.0863. The second-order valence-electron chi connectivity index (χ2n) is 11.1. The van der Waals surface area contributed by atoms with Gasteiger partial charge in [0.25, 0.3) is 5.91 Å². The number of carbonyl (C=O) groups excluding carboxylic acids is 2. The molecule has 0 spiro atoms. The predicted molar refractivity (Wildman–Crippen MR) is 181 cm³/mol. The van der Waals surface area contributed by atoms with Gasteiger partial charge in [-0.1, -0.05) is 91.0 Å². The summed E-state index contributed by atoms with van der Waals surface area (Å²) in [4.78, 5) is 27.1. The maximum Gasteiger partial charge on any atom is 0.304 e. The van der Waals surface area contributed by atoms with Crippen LogP contribution in [-0.2, 0) is 35.8 Å². The van der Waals surface area contributed by atoms with Gasteiger partial charge in [0, 0.05) is 19.0 Å². The molecular formula is C40H39NO6. The van der Waals surface area contributed by atoms with Crippen molar-refractivity contribution >= 4 is 11.9 Å². The Morgan fingerprint density at radius 1 is 0.574 bits per heavy atom. The van der Waals surface area contributed by atoms with Gasteiger partial charge in [0.15, 0.2) is 6.23 Å². The zero-order valence-corrected chi connectivity index (χ0v) is 26.7. The van der Waals surface area contributed by atoms with Crippen molar-refractivity contribution in [3.05, 3.63) is 161 Å². The Morgan fingerprint density at radius 2 is 1.11 bits per heavy atom. The number of esters is 1. The number of benzene rings is 5. The molecule has 0 radical (unpaired) electrons. The van der Waals surface area contributed by atoms with Crippen LogP contribution in [0.2, 0.25) is 0 Å². The Kier molecular flexibility index (Phi) is 11.6. The molecule has 5 rings (SSSR count). The average Bonchev–Trinajstić information content (AvgIpc) is 3.10. The van der Waals surface area contributed by atoms with Crippen LogP contribution in [0.3, 0.4) is 0 Å². The highest BCUT2D eigenvalue weighted by Gasteiger charge is 2.24. The van der Waals surface area contributed by atoms with Gasteiger partial charge in [-0.3, -0.25) is 9.59 Å². The minimum absolute atomic E-state index is 0.261. The molecule has 1 atom stereocenters. The number of rotatable bonds is 15. The van der Waals surface area contributed by atoms with Crippen LogP contribution in [0, 0.1) is 0 Å². The Bertz CT molecular complexity index is 1720. The number of hydrogen-bond acceptors (Lipinski definition) is 6. The minimum atomic E-state index is -0.753. The van der Waals surface area contributed by atoms with Gasteiger partial charge in [0.05, 0.1) is 0 Å². The van der Waals surface area contributed by atoms with Gasteiger partial charge >= 0.3 is 5.97 Å². The first kappa shape index (κ1) is 32.8. The third kappa shape index (κ3) is 10.2. The van der Waals surface area contributed by atoms with Crippen LogP contribution in [0.15, 0.2) is 133 Å². The summed E-state index contributed by atoms with van der Waals surface area (Å²) in [5.41, 5.74) is 4.59. The fourth-order valence-electron chi connectivity index (χ4n) is 5.01. The largest absolute Gasteiger partial charge is 0.489 e. The molecule has 240 valence electrons. The molecule has 1 unspecified atom stereocenters. The van der Waals surface area contributed by atoms with Crippen molar-refractivity contribution in [1.29, 1.82) is 0 Å². The standard InChI is InChI=1S/C40H39NO6/c1-30(47-31(2)42)41(24-23-32-19-21-37(22-20-32)44-27-33-11-5-3-6-12-33)40(43)36-16-10-18-39(26-36)46-29-35-15-9-17-38(25-35)45-28-34-13-7-4-8-14-34/h3-22,25-26,30H,23-24,27-29H2,1-2H3. The third-order valence-electron chi connectivity index (χ3n) is 7.48. The molecular weight excluding hydrogens is 590 g/mol. The fraction of sp³-hybridized carbons (Fsp3) is 0.200. The Balaban J connectivity index is 1.19. The maximum atomic E-state index is 13.8. The molecule has 7 heteroatoms. The number of nitrogens with zero attached hydrogens (tertiary/aromatic N) is 1. The molecule has 47 heavy (non-hydrogen) atoms. The Morgan fingerprint density at radius 3 is 1.72 bits per heavy atom. The molecule has 0 aliphatic rings. The van der Waals surface area contributed by atoms with E-state index in [-0.39, 0.29) is 5.91 Å². The average molecular weight is 630 g/mol. The van der Waals surface area contributed by atoms with Crippen LogP contribution in [0.25, 0.3) is 0 Å². The minimum Gasteiger partial charge on any atom is -0.489 e. The monoisotopic (exact) mass is 629 g/mol. The van der Waals surface area contributed by atoms with E-state index in [1.165, 1.54) is 6.92 Å². The predicted octanol–water partition coefficient (Wildman–Crippen LogP) is 8.02. The van der Waals surface area contributed by atoms with Crippen LogP contribution >= 0.6 is 0 Å². The molecule has 0 bridgehead atoms. The molecule has 0 heterocycles. The summed E-state index contributed by atoms with van der Waals surface area (Å²) in [6.45, 7) is 4.65. The lowest BCUT2D eigenvalue weighted by Crippen LogP contribution is -2.42. The second-order valence-corrected chi connectivity index (χ2v) is 11.1. The number of amides is 1. The molecule has 0 aromatic heterocycles. The van der Waals surface area contributed by atoms with Crippen LogP contribution < -0.4 is 14.2 Å². The summed E-state index contributed by atoms with van der Waals surface area (Å²) in [7, 11) is 0. The van der Waals surface area contributed by atoms with Crippen molar-refractivity contribution in [2.45, 2.75) is 46.3 Å². The normalized spacial score (nSPS) is 11.3. The molecule has 0 saturated carbocycles. The van der Waals surface area contributed by atoms with Gasteiger partial charge in [0.2, 0.25) is 0 Å². The molecule has 1 amide bonds. The Hall–Kier alpha value is -5.56. The van der Waals surface area contributed by atoms with Crippen LogP contribution in [0.1, 0.15) is 46.5 Å². The van der Waals surface area contributed by atoms with Gasteiger partial charge < -0.3 is 23.8 Å². The summed E-state index contributed by atoms with van der Waals surface area (Å²) in [5.74, 6) is 1.36. The zero-order valence-electron chi connectivity index (χ0n) is 26.7. The van der Waals surface area contributed by atoms with E-state index in [0.29, 0.717) is 44.1 Å². The highest BCUT2D eigenvalue weighted by atomic mass is 16.6. The first-order valence-electron chi connectivity index (χ1n) is 15.7. The summed E-state index contributed by atoms with van der Waals surface area (Å²) in [6.07, 6.45) is -0.188. The van der Waals surface area contributed by atoms with Crippen molar-refractivity contribution in [2.75, 3.05) is 6.54 Å². The zero-order chi connectivity index (χ0) is 32.8. The third-order valence-corrected chi connectivity index (χ3v) is 7.48. The number of ether oxygens (including phenoxy) is 4. The van der Waals surface area contributed by atoms with Gasteiger partial charge in [-0.25, -0.2) is 0 Å². The van der Waals surface area contributed by atoms with E-state index in [4.69, 9.17) is 18.9 Å². The van der Waals surface area contributed by atoms with Gasteiger partial charge in [-0.15, -0.1) is 0 Å². The molecule has 0 N–H and O–H groups in total. The van der Waals surface area contributed by atoms with Crippen LogP contribution in [-0.4, -0.2) is 29.5 Å². The van der Waals surface area contributed by atoms with Crippen LogP contribution in [0.4, 0.5) is 0 Å². The second kappa shape index (κ2) is 16.7. The lowest BCUT2D eigenvalue weighted by Gasteiger charge is -2.29. The van der Waals surface area contributed by atoms with Crippen molar-refractivity contribution in [2.24, 2.45) is 0 Å². The van der Waals surface area contributed by atoms with Crippen molar-refractivity contribution in [1.82, 2.24) is 4.90 Å². The molecule has 5 aromatic carbocycles. The highest BCUT2D eigenvalue weighted by molar-refractivity contribution is 5.94. The van der Waals surface area contributed by atoms with Crippen LogP contribution in [0.5, 0.6) is 17.2 Å². The topological polar surface area (TPSA) is 74.3 Å². The fourth-order valence-corrected chi connectivity index (χ4v) is 5.01. The summed E-state index contributed by atoms with van der Waals surface area (Å²) < 4.78 is 23.4. The Labute approximate surface area is 276 Å². The van der Waals surface area contributed by atoms with Gasteiger partial charge in [0.1, 0.15) is 37.1 Å². The molecule has 5 aromatic rings. The van der Waals surface area contributed by atoms with E-state index in [1.807, 2.05) is 115 Å². The van der Waals surface area contributed by atoms with Gasteiger partial charge in [-0.2, -0.15) is 0 Å². The summed E-state index contributed by atoms with van der Waals surface area (Å²) in [5, 5.41) is 0. The highest BCUT2D eigenvalue weighted by Crippen LogP contribution is 2.21. The van der Waals surface area contributed by atoms with Crippen molar-refractivity contribution in [3.8, 4) is 17.2 Å². The van der Waals surface area contributed by atoms with E-state index in [9.17, 15) is 9.59 Å². The van der Waals surface area contributed by atoms with Crippen molar-refractivity contribution in [3.63, 3.8) is 0 Å².